The molecule has 0 saturated carbocycles. The molecule has 0 aromatic heterocycles. The zero-order chi connectivity index (χ0) is 5.72. The number of hydrogen-bond acceptors (Lipinski definition) is 2. The highest BCUT2D eigenvalue weighted by molar-refractivity contribution is 6.05. The first-order valence-corrected chi connectivity index (χ1v) is 2.49. The van der Waals surface area contributed by atoms with Gasteiger partial charge in [0.05, 0.1) is 11.4 Å². The van der Waals surface area contributed by atoms with Gasteiger partial charge in [-0.25, -0.2) is 0 Å². The number of benzene rings is 1. The fourth-order valence-electron chi connectivity index (χ4n) is 0.947. The molecule has 0 amide bonds. The largest absolute Gasteiger partial charge is 0.397 e. The first kappa shape index (κ1) is 5.95. The molecule has 0 aromatic carbocycles. The van der Waals surface area contributed by atoms with Crippen LogP contribution in [0.5, 0.6) is 0 Å². The molecule has 0 fully saturated rings. The summed E-state index contributed by atoms with van der Waals surface area (Å²) in [5, 5.41) is 0. The fraction of sp³-hybridized carbons (Fsp3) is 0.143. The lowest BCUT2D eigenvalue weighted by molar-refractivity contribution is 1.53. The van der Waals surface area contributed by atoms with Crippen LogP contribution in [0.25, 0.3) is 11.1 Å². The molecule has 0 saturated heterocycles. The predicted octanol–water partition coefficient (Wildman–Crippen LogP) is 1.47. The van der Waals surface area contributed by atoms with E-state index in [2.05, 4.69) is 0 Å². The first-order valence-electron chi connectivity index (χ1n) is 2.49. The van der Waals surface area contributed by atoms with Crippen molar-refractivity contribution < 1.29 is 0 Å². The van der Waals surface area contributed by atoms with Gasteiger partial charge in [-0.2, -0.15) is 0 Å². The number of hydrogen-bond donors (Lipinski definition) is 2. The Balaban J connectivity index is 0.000000405. The van der Waals surface area contributed by atoms with Crippen molar-refractivity contribution in [2.75, 3.05) is 11.5 Å². The quantitative estimate of drug-likeness (QED) is 0.520. The van der Waals surface area contributed by atoms with E-state index in [9.17, 15) is 0 Å². The summed E-state index contributed by atoms with van der Waals surface area (Å²) in [5.41, 5.74) is 14.7. The molecule has 2 aliphatic carbocycles. The van der Waals surface area contributed by atoms with Crippen LogP contribution < -0.4 is 11.5 Å². The highest BCUT2D eigenvalue weighted by Crippen LogP contribution is 2.47. The molecule has 0 heterocycles. The predicted molar refractivity (Wildman–Crippen MR) is 41.0 cm³/mol. The Bertz CT molecular complexity index is 226. The van der Waals surface area contributed by atoms with E-state index in [1.54, 1.807) is 0 Å². The van der Waals surface area contributed by atoms with Gasteiger partial charge in [0, 0.05) is 11.1 Å². The van der Waals surface area contributed by atoms with Crippen LogP contribution in [0.3, 0.4) is 0 Å². The number of rotatable bonds is 0. The average Bonchev–Trinajstić information content (AvgIpc) is 1.64. The molecule has 48 valence electrons. The van der Waals surface area contributed by atoms with Crippen molar-refractivity contribution in [2.45, 2.75) is 7.43 Å². The molecule has 0 radical (unpaired) electrons. The Morgan fingerprint density at radius 1 is 0.889 bits per heavy atom. The maximum absolute atomic E-state index is 5.45. The van der Waals surface area contributed by atoms with Crippen molar-refractivity contribution in [2.24, 2.45) is 0 Å². The van der Waals surface area contributed by atoms with Gasteiger partial charge < -0.3 is 11.5 Å². The number of nitrogens with two attached hydrogens (primary N) is 2. The minimum absolute atomic E-state index is 0. The van der Waals surface area contributed by atoms with Crippen molar-refractivity contribution in [3.63, 3.8) is 0 Å². The Kier molecular flexibility index (Phi) is 0.929. The summed E-state index contributed by atoms with van der Waals surface area (Å²) < 4.78 is 0. The molecular weight excluding hydrogens is 112 g/mol. The van der Waals surface area contributed by atoms with Gasteiger partial charge in [0.2, 0.25) is 0 Å². The Morgan fingerprint density at radius 2 is 1.22 bits per heavy atom. The van der Waals surface area contributed by atoms with Crippen LogP contribution in [0.1, 0.15) is 7.43 Å². The van der Waals surface area contributed by atoms with E-state index in [1.807, 2.05) is 12.1 Å². The van der Waals surface area contributed by atoms with Gasteiger partial charge >= 0.3 is 0 Å². The number of nitrogen functional groups attached to an aromatic ring is 2. The Labute approximate surface area is 54.5 Å². The topological polar surface area (TPSA) is 52.0 Å². The lowest BCUT2D eigenvalue weighted by Gasteiger charge is -2.21. The second kappa shape index (κ2) is 1.41. The standard InChI is InChI=1S/C6H6N2.CH4/c7-5-3-1-2-4(3)6(5)8;/h1-2H,7-8H2;1H4. The zero-order valence-corrected chi connectivity index (χ0v) is 4.31. The van der Waals surface area contributed by atoms with Crippen molar-refractivity contribution in [1.29, 1.82) is 0 Å². The summed E-state index contributed by atoms with van der Waals surface area (Å²) in [6.07, 6.45) is 0. The van der Waals surface area contributed by atoms with Crippen LogP contribution in [-0.4, -0.2) is 0 Å². The Morgan fingerprint density at radius 3 is 1.33 bits per heavy atom. The van der Waals surface area contributed by atoms with Gasteiger partial charge in [-0.15, -0.1) is 0 Å². The second-order valence-corrected chi connectivity index (χ2v) is 1.99. The van der Waals surface area contributed by atoms with Gasteiger partial charge in [-0.1, -0.05) is 19.6 Å². The van der Waals surface area contributed by atoms with Crippen LogP contribution in [0.15, 0.2) is 12.1 Å². The van der Waals surface area contributed by atoms with Crippen molar-refractivity contribution in [1.82, 2.24) is 0 Å². The summed E-state index contributed by atoms with van der Waals surface area (Å²) >= 11 is 0. The molecule has 0 unspecified atom stereocenters. The van der Waals surface area contributed by atoms with E-state index in [1.165, 1.54) is 0 Å². The highest BCUT2D eigenvalue weighted by atomic mass is 14.7. The van der Waals surface area contributed by atoms with E-state index < -0.39 is 0 Å². The summed E-state index contributed by atoms with van der Waals surface area (Å²) in [5.74, 6) is 0. The van der Waals surface area contributed by atoms with E-state index >= 15 is 0 Å². The molecule has 0 aliphatic heterocycles. The Hall–Kier alpha value is -1.18. The van der Waals surface area contributed by atoms with E-state index in [0.29, 0.717) is 0 Å². The van der Waals surface area contributed by atoms with Gasteiger partial charge in [-0.05, 0) is 0 Å². The molecule has 2 aliphatic rings. The first-order chi connectivity index (χ1) is 3.80. The normalized spacial score (nSPS) is 10.2. The molecule has 4 N–H and O–H groups in total. The highest BCUT2D eigenvalue weighted by Gasteiger charge is 2.20. The van der Waals surface area contributed by atoms with E-state index in [0.717, 1.165) is 22.5 Å². The summed E-state index contributed by atoms with van der Waals surface area (Å²) in [4.78, 5) is 0. The average molecular weight is 122 g/mol. The second-order valence-electron chi connectivity index (χ2n) is 1.99. The fourth-order valence-corrected chi connectivity index (χ4v) is 0.947. The lowest BCUT2D eigenvalue weighted by Crippen LogP contribution is -2.07. The van der Waals surface area contributed by atoms with Gasteiger partial charge in [0.1, 0.15) is 0 Å². The van der Waals surface area contributed by atoms with E-state index in [-0.39, 0.29) is 7.43 Å². The van der Waals surface area contributed by atoms with E-state index in [4.69, 9.17) is 11.5 Å². The molecule has 2 heteroatoms. The van der Waals surface area contributed by atoms with Crippen molar-refractivity contribution in [3.05, 3.63) is 12.1 Å². The third-order valence-electron chi connectivity index (χ3n) is 1.58. The molecule has 9 heavy (non-hydrogen) atoms. The summed E-state index contributed by atoms with van der Waals surface area (Å²) in [6, 6.07) is 3.95. The van der Waals surface area contributed by atoms with Gasteiger partial charge in [-0.3, -0.25) is 0 Å². The molecule has 2 nitrogen and oxygen atoms in total. The van der Waals surface area contributed by atoms with Crippen molar-refractivity contribution in [3.8, 4) is 11.1 Å². The van der Waals surface area contributed by atoms with Crippen LogP contribution in [0, 0.1) is 0 Å². The monoisotopic (exact) mass is 122 g/mol. The maximum Gasteiger partial charge on any atom is 0.0634 e. The van der Waals surface area contributed by atoms with Crippen LogP contribution in [0.4, 0.5) is 11.4 Å². The van der Waals surface area contributed by atoms with Crippen LogP contribution in [0.2, 0.25) is 0 Å². The summed E-state index contributed by atoms with van der Waals surface area (Å²) in [6.45, 7) is 0. The molecular formula is C7H10N2. The van der Waals surface area contributed by atoms with Crippen molar-refractivity contribution >= 4 is 11.4 Å². The lowest BCUT2D eigenvalue weighted by atomic mass is 9.88. The van der Waals surface area contributed by atoms with Gasteiger partial charge in [0.25, 0.3) is 0 Å². The smallest absolute Gasteiger partial charge is 0.0634 e. The SMILES string of the molecule is C.Nc1c2ccc-2c1N. The molecule has 0 spiro atoms. The third-order valence-corrected chi connectivity index (χ3v) is 1.58. The third kappa shape index (κ3) is 0.403. The van der Waals surface area contributed by atoms with Crippen LogP contribution in [-0.2, 0) is 0 Å². The molecule has 0 aromatic rings. The van der Waals surface area contributed by atoms with Crippen LogP contribution >= 0.6 is 0 Å². The molecule has 0 atom stereocenters. The number of fused-ring (bicyclic) bond motifs is 1. The van der Waals surface area contributed by atoms with Gasteiger partial charge in [0.15, 0.2) is 0 Å². The minimum Gasteiger partial charge on any atom is -0.397 e. The number of anilines is 2. The molecule has 0 bridgehead atoms. The minimum atomic E-state index is 0. The molecule has 2 rings (SSSR count). The maximum atomic E-state index is 5.45. The zero-order valence-electron chi connectivity index (χ0n) is 4.31. The summed E-state index contributed by atoms with van der Waals surface area (Å²) in [7, 11) is 0.